The van der Waals surface area contributed by atoms with E-state index in [1.807, 2.05) is 0 Å². The van der Waals surface area contributed by atoms with Gasteiger partial charge in [0.2, 0.25) is 0 Å². The van der Waals surface area contributed by atoms with E-state index in [1.54, 1.807) is 14.1 Å². The molecule has 0 radical (unpaired) electrons. The van der Waals surface area contributed by atoms with Crippen LogP contribution in [0.2, 0.25) is 0 Å². The van der Waals surface area contributed by atoms with Gasteiger partial charge in [-0.15, -0.1) is 0 Å². The zero-order valence-electron chi connectivity index (χ0n) is 13.3. The van der Waals surface area contributed by atoms with Crippen LogP contribution in [-0.2, 0) is 6.18 Å². The molecular weight excluding hydrogens is 339 g/mol. The highest BCUT2D eigenvalue weighted by Gasteiger charge is 2.34. The Morgan fingerprint density at radius 3 is 2.40 bits per heavy atom. The highest BCUT2D eigenvalue weighted by molar-refractivity contribution is 6.05. The molecular formula is C16H14F3N3O3. The van der Waals surface area contributed by atoms with Crippen LogP contribution in [0.25, 0.3) is 0 Å². The summed E-state index contributed by atoms with van der Waals surface area (Å²) in [6.45, 7) is 0. The van der Waals surface area contributed by atoms with Crippen molar-refractivity contribution in [1.82, 2.24) is 0 Å². The second-order valence-corrected chi connectivity index (χ2v) is 5.38. The van der Waals surface area contributed by atoms with Gasteiger partial charge in [0.25, 0.3) is 11.6 Å². The molecule has 0 atom stereocenters. The molecule has 0 unspecified atom stereocenters. The summed E-state index contributed by atoms with van der Waals surface area (Å²) < 4.78 is 39.8. The molecule has 25 heavy (non-hydrogen) atoms. The fourth-order valence-electron chi connectivity index (χ4n) is 2.11. The van der Waals surface area contributed by atoms with Crippen LogP contribution >= 0.6 is 0 Å². The first kappa shape index (κ1) is 18.2. The first-order chi connectivity index (χ1) is 11.6. The van der Waals surface area contributed by atoms with E-state index in [2.05, 4.69) is 5.32 Å². The second kappa shape index (κ2) is 6.80. The monoisotopic (exact) mass is 353 g/mol. The van der Waals surface area contributed by atoms with Crippen molar-refractivity contribution in [1.29, 1.82) is 0 Å². The lowest BCUT2D eigenvalue weighted by molar-refractivity contribution is -0.384. The first-order valence-electron chi connectivity index (χ1n) is 7.04. The van der Waals surface area contributed by atoms with Gasteiger partial charge in [0, 0.05) is 37.5 Å². The number of non-ortho nitro benzene ring substituents is 1. The number of benzene rings is 2. The number of hydrogen-bond acceptors (Lipinski definition) is 4. The molecule has 0 aliphatic carbocycles. The maximum Gasteiger partial charge on any atom is 0.418 e. The van der Waals surface area contributed by atoms with Crippen molar-refractivity contribution in [3.05, 3.63) is 63.7 Å². The predicted octanol–water partition coefficient (Wildman–Crippen LogP) is 3.93. The minimum absolute atomic E-state index is 0.112. The minimum Gasteiger partial charge on any atom is -0.378 e. The SMILES string of the molecule is CN(C)c1ccc(NC(=O)c2cccc([N+](=O)[O-])c2)c(C(F)(F)F)c1. The van der Waals surface area contributed by atoms with Crippen LogP contribution < -0.4 is 10.2 Å². The number of amides is 1. The van der Waals surface area contributed by atoms with Crippen LogP contribution in [0, 0.1) is 10.1 Å². The number of alkyl halides is 3. The van der Waals surface area contributed by atoms with Crippen molar-refractivity contribution in [3.8, 4) is 0 Å². The minimum atomic E-state index is -4.67. The molecule has 6 nitrogen and oxygen atoms in total. The number of nitrogens with zero attached hydrogens (tertiary/aromatic N) is 2. The van der Waals surface area contributed by atoms with Gasteiger partial charge in [0.1, 0.15) is 0 Å². The van der Waals surface area contributed by atoms with Gasteiger partial charge in [-0.3, -0.25) is 14.9 Å². The average Bonchev–Trinajstić information content (AvgIpc) is 2.54. The fraction of sp³-hybridized carbons (Fsp3) is 0.188. The maximum atomic E-state index is 13.3. The smallest absolute Gasteiger partial charge is 0.378 e. The van der Waals surface area contributed by atoms with Gasteiger partial charge >= 0.3 is 6.18 Å². The van der Waals surface area contributed by atoms with Crippen molar-refractivity contribution in [2.75, 3.05) is 24.3 Å². The number of nitro groups is 1. The largest absolute Gasteiger partial charge is 0.418 e. The standard InChI is InChI=1S/C16H14F3N3O3/c1-21(2)11-6-7-14(13(9-11)16(17,18)19)20-15(23)10-4-3-5-12(8-10)22(24)25/h3-9H,1-2H3,(H,20,23). The number of nitrogens with one attached hydrogen (secondary N) is 1. The van der Waals surface area contributed by atoms with Gasteiger partial charge in [0.15, 0.2) is 0 Å². The summed E-state index contributed by atoms with van der Waals surface area (Å²) in [5, 5.41) is 12.9. The number of carbonyl (C=O) groups excluding carboxylic acids is 1. The van der Waals surface area contributed by atoms with Crippen molar-refractivity contribution in [2.45, 2.75) is 6.18 Å². The highest BCUT2D eigenvalue weighted by atomic mass is 19.4. The zero-order valence-corrected chi connectivity index (χ0v) is 13.3. The molecule has 0 fully saturated rings. The molecule has 1 N–H and O–H groups in total. The normalized spacial score (nSPS) is 11.1. The molecule has 0 saturated heterocycles. The number of anilines is 2. The lowest BCUT2D eigenvalue weighted by atomic mass is 10.1. The first-order valence-corrected chi connectivity index (χ1v) is 7.04. The van der Waals surface area contributed by atoms with Crippen LogP contribution in [0.1, 0.15) is 15.9 Å². The van der Waals surface area contributed by atoms with Crippen LogP contribution in [0.4, 0.5) is 30.2 Å². The Kier molecular flexibility index (Phi) is 4.96. The molecule has 2 aromatic carbocycles. The Morgan fingerprint density at radius 1 is 1.16 bits per heavy atom. The lowest BCUT2D eigenvalue weighted by Gasteiger charge is -2.18. The van der Waals surface area contributed by atoms with E-state index in [9.17, 15) is 28.1 Å². The van der Waals surface area contributed by atoms with Crippen LogP contribution in [0.15, 0.2) is 42.5 Å². The Hall–Kier alpha value is -3.10. The average molecular weight is 353 g/mol. The molecule has 0 aliphatic heterocycles. The van der Waals surface area contributed by atoms with Gasteiger partial charge in [-0.25, -0.2) is 0 Å². The molecule has 0 spiro atoms. The topological polar surface area (TPSA) is 75.5 Å². The van der Waals surface area contributed by atoms with E-state index in [-0.39, 0.29) is 11.3 Å². The molecule has 0 heterocycles. The summed E-state index contributed by atoms with van der Waals surface area (Å²) in [7, 11) is 3.19. The number of hydrogen-bond donors (Lipinski definition) is 1. The second-order valence-electron chi connectivity index (χ2n) is 5.38. The van der Waals surface area contributed by atoms with Gasteiger partial charge < -0.3 is 10.2 Å². The van der Waals surface area contributed by atoms with Crippen molar-refractivity contribution in [3.63, 3.8) is 0 Å². The van der Waals surface area contributed by atoms with E-state index in [0.29, 0.717) is 5.69 Å². The van der Waals surface area contributed by atoms with Gasteiger partial charge in [-0.1, -0.05) is 6.07 Å². The Labute approximate surface area is 141 Å². The molecule has 0 saturated carbocycles. The third-order valence-corrected chi connectivity index (χ3v) is 3.39. The zero-order chi connectivity index (χ0) is 18.8. The number of halogens is 3. The molecule has 2 rings (SSSR count). The van der Waals surface area contributed by atoms with Crippen LogP contribution in [-0.4, -0.2) is 24.9 Å². The molecule has 0 aliphatic rings. The van der Waals surface area contributed by atoms with Crippen LogP contribution in [0.3, 0.4) is 0 Å². The van der Waals surface area contributed by atoms with E-state index < -0.39 is 28.3 Å². The third-order valence-electron chi connectivity index (χ3n) is 3.39. The Morgan fingerprint density at radius 2 is 1.84 bits per heavy atom. The van der Waals surface area contributed by atoms with E-state index in [0.717, 1.165) is 18.2 Å². The lowest BCUT2D eigenvalue weighted by Crippen LogP contribution is -2.18. The summed E-state index contributed by atoms with van der Waals surface area (Å²) >= 11 is 0. The van der Waals surface area contributed by atoms with Crippen LogP contribution in [0.5, 0.6) is 0 Å². The number of rotatable bonds is 4. The predicted molar refractivity (Wildman–Crippen MR) is 86.8 cm³/mol. The van der Waals surface area contributed by atoms with E-state index in [4.69, 9.17) is 0 Å². The van der Waals surface area contributed by atoms with Crippen molar-refractivity contribution < 1.29 is 22.9 Å². The Bertz CT molecular complexity index is 820. The summed E-state index contributed by atoms with van der Waals surface area (Å²) in [6.07, 6.45) is -4.67. The van der Waals surface area contributed by atoms with Gasteiger partial charge in [-0.05, 0) is 24.3 Å². The summed E-state index contributed by atoms with van der Waals surface area (Å²) in [6, 6.07) is 8.24. The maximum absolute atomic E-state index is 13.3. The quantitative estimate of drug-likeness (QED) is 0.667. The summed E-state index contributed by atoms with van der Waals surface area (Å²) in [4.78, 5) is 23.7. The Balaban J connectivity index is 2.38. The number of carbonyl (C=O) groups is 1. The highest BCUT2D eigenvalue weighted by Crippen LogP contribution is 2.37. The third kappa shape index (κ3) is 4.25. The molecule has 0 aromatic heterocycles. The van der Waals surface area contributed by atoms with E-state index >= 15 is 0 Å². The molecule has 2 aromatic rings. The summed E-state index contributed by atoms with van der Waals surface area (Å²) in [5.74, 6) is -0.869. The van der Waals surface area contributed by atoms with Crippen molar-refractivity contribution in [2.24, 2.45) is 0 Å². The summed E-state index contributed by atoms with van der Waals surface area (Å²) in [5.41, 5.74) is -1.54. The van der Waals surface area contributed by atoms with Gasteiger partial charge in [-0.2, -0.15) is 13.2 Å². The van der Waals surface area contributed by atoms with Crippen molar-refractivity contribution >= 4 is 23.0 Å². The van der Waals surface area contributed by atoms with Gasteiger partial charge in [0.05, 0.1) is 16.2 Å². The van der Waals surface area contributed by atoms with E-state index in [1.165, 1.54) is 29.2 Å². The number of nitro benzene ring substituents is 1. The molecule has 132 valence electrons. The molecule has 9 heteroatoms. The molecule has 1 amide bonds. The fourth-order valence-corrected chi connectivity index (χ4v) is 2.11. The molecule has 0 bridgehead atoms.